The summed E-state index contributed by atoms with van der Waals surface area (Å²) >= 11 is 13.3. The lowest BCUT2D eigenvalue weighted by Crippen LogP contribution is -1.98. The van der Waals surface area contributed by atoms with Crippen molar-refractivity contribution in [1.29, 1.82) is 0 Å². The van der Waals surface area contributed by atoms with Gasteiger partial charge in [0.1, 0.15) is 18.1 Å². The zero-order valence-corrected chi connectivity index (χ0v) is 19.4. The second-order valence-corrected chi connectivity index (χ2v) is 8.24. The Morgan fingerprint density at radius 2 is 1.69 bits per heavy atom. The minimum atomic E-state index is -0.0843. The van der Waals surface area contributed by atoms with Crippen LogP contribution in [0.25, 0.3) is 6.08 Å². The SMILES string of the molecule is COc1ccc(C(=O)/C=C/c2cc(Br)c(OCc3ccccc3Cl)c(Br)c2)cc1. The molecule has 0 heterocycles. The number of methoxy groups -OCH3 is 1. The van der Waals surface area contributed by atoms with E-state index >= 15 is 0 Å². The van der Waals surface area contributed by atoms with Crippen LogP contribution < -0.4 is 9.47 Å². The molecule has 0 aromatic heterocycles. The number of ether oxygens (including phenoxy) is 2. The monoisotopic (exact) mass is 534 g/mol. The summed E-state index contributed by atoms with van der Waals surface area (Å²) in [5.74, 6) is 1.30. The second kappa shape index (κ2) is 10.1. The van der Waals surface area contributed by atoms with Gasteiger partial charge in [-0.3, -0.25) is 4.79 Å². The molecule has 29 heavy (non-hydrogen) atoms. The highest BCUT2D eigenvalue weighted by atomic mass is 79.9. The van der Waals surface area contributed by atoms with Crippen LogP contribution in [0.4, 0.5) is 0 Å². The van der Waals surface area contributed by atoms with Crippen LogP contribution in [0.1, 0.15) is 21.5 Å². The molecule has 148 valence electrons. The third-order valence-corrected chi connectivity index (χ3v) is 5.70. The van der Waals surface area contributed by atoms with E-state index in [1.54, 1.807) is 43.5 Å². The first kappa shape index (κ1) is 21.6. The summed E-state index contributed by atoms with van der Waals surface area (Å²) in [5, 5.41) is 0.663. The number of ketones is 1. The van der Waals surface area contributed by atoms with E-state index < -0.39 is 0 Å². The molecule has 0 aliphatic heterocycles. The van der Waals surface area contributed by atoms with Crippen molar-refractivity contribution in [2.45, 2.75) is 6.61 Å². The van der Waals surface area contributed by atoms with Gasteiger partial charge in [-0.2, -0.15) is 0 Å². The third kappa shape index (κ3) is 5.72. The normalized spacial score (nSPS) is 10.9. The van der Waals surface area contributed by atoms with E-state index in [0.29, 0.717) is 28.7 Å². The molecule has 0 saturated heterocycles. The lowest BCUT2D eigenvalue weighted by Gasteiger charge is -2.12. The molecule has 0 aliphatic carbocycles. The van der Waals surface area contributed by atoms with Gasteiger partial charge in [0.15, 0.2) is 5.78 Å². The Bertz CT molecular complexity index is 1020. The van der Waals surface area contributed by atoms with Crippen molar-refractivity contribution in [3.05, 3.63) is 97.4 Å². The highest BCUT2D eigenvalue weighted by molar-refractivity contribution is 9.11. The van der Waals surface area contributed by atoms with Crippen LogP contribution in [0.5, 0.6) is 11.5 Å². The van der Waals surface area contributed by atoms with Gasteiger partial charge in [0.25, 0.3) is 0 Å². The third-order valence-electron chi connectivity index (χ3n) is 4.15. The maximum absolute atomic E-state index is 12.4. The van der Waals surface area contributed by atoms with Crippen molar-refractivity contribution in [2.24, 2.45) is 0 Å². The number of carbonyl (C=O) groups excluding carboxylic acids is 1. The number of hydrogen-bond acceptors (Lipinski definition) is 3. The van der Waals surface area contributed by atoms with Gasteiger partial charge in [-0.15, -0.1) is 0 Å². The maximum atomic E-state index is 12.4. The van der Waals surface area contributed by atoms with Crippen LogP contribution in [-0.4, -0.2) is 12.9 Å². The number of benzene rings is 3. The predicted molar refractivity (Wildman–Crippen MR) is 124 cm³/mol. The van der Waals surface area contributed by atoms with Gasteiger partial charge in [0.05, 0.1) is 16.1 Å². The Morgan fingerprint density at radius 3 is 2.31 bits per heavy atom. The van der Waals surface area contributed by atoms with E-state index in [0.717, 1.165) is 20.1 Å². The number of allylic oxidation sites excluding steroid dienone is 1. The van der Waals surface area contributed by atoms with Gasteiger partial charge in [-0.25, -0.2) is 0 Å². The largest absolute Gasteiger partial charge is 0.497 e. The molecule has 0 saturated carbocycles. The maximum Gasteiger partial charge on any atom is 0.185 e. The first-order valence-electron chi connectivity index (χ1n) is 8.69. The first-order chi connectivity index (χ1) is 14.0. The Hall–Kier alpha value is -2.08. The van der Waals surface area contributed by atoms with E-state index in [-0.39, 0.29) is 5.78 Å². The van der Waals surface area contributed by atoms with E-state index in [1.165, 1.54) is 0 Å². The highest BCUT2D eigenvalue weighted by Gasteiger charge is 2.10. The number of hydrogen-bond donors (Lipinski definition) is 0. The molecule has 3 aromatic carbocycles. The quantitative estimate of drug-likeness (QED) is 0.234. The van der Waals surface area contributed by atoms with Crippen LogP contribution in [0.15, 0.2) is 75.7 Å². The predicted octanol–water partition coefficient (Wildman–Crippen LogP) is 7.35. The van der Waals surface area contributed by atoms with Crippen molar-refractivity contribution >= 4 is 55.3 Å². The summed E-state index contributed by atoms with van der Waals surface area (Å²) < 4.78 is 12.6. The van der Waals surface area contributed by atoms with Crippen molar-refractivity contribution < 1.29 is 14.3 Å². The van der Waals surface area contributed by atoms with Crippen molar-refractivity contribution in [3.8, 4) is 11.5 Å². The molecule has 3 aromatic rings. The standard InChI is InChI=1S/C23H17Br2ClO3/c1-28-18-9-7-16(8-10-18)22(27)11-6-15-12-19(24)23(20(25)13-15)29-14-17-4-2-3-5-21(17)26/h2-13H,14H2,1H3/b11-6+. The highest BCUT2D eigenvalue weighted by Crippen LogP contribution is 2.36. The van der Waals surface area contributed by atoms with Crippen LogP contribution in [0, 0.1) is 0 Å². The van der Waals surface area contributed by atoms with Crippen molar-refractivity contribution in [1.82, 2.24) is 0 Å². The molecule has 6 heteroatoms. The summed E-state index contributed by atoms with van der Waals surface area (Å²) in [6, 6.07) is 18.3. The summed E-state index contributed by atoms with van der Waals surface area (Å²) in [6.07, 6.45) is 3.31. The van der Waals surface area contributed by atoms with Gasteiger partial charge in [0.2, 0.25) is 0 Å². The van der Waals surface area contributed by atoms with Crippen LogP contribution >= 0.6 is 43.5 Å². The zero-order chi connectivity index (χ0) is 20.8. The fourth-order valence-corrected chi connectivity index (χ4v) is 4.24. The van der Waals surface area contributed by atoms with Gasteiger partial charge in [-0.1, -0.05) is 35.9 Å². The van der Waals surface area contributed by atoms with Crippen molar-refractivity contribution in [2.75, 3.05) is 7.11 Å². The molecule has 0 aliphatic rings. The fraction of sp³-hybridized carbons (Fsp3) is 0.0870. The van der Waals surface area contributed by atoms with E-state index in [1.807, 2.05) is 36.4 Å². The van der Waals surface area contributed by atoms with Crippen LogP contribution in [0.2, 0.25) is 5.02 Å². The molecule has 0 amide bonds. The summed E-state index contributed by atoms with van der Waals surface area (Å²) in [4.78, 5) is 12.4. The van der Waals surface area contributed by atoms with Crippen LogP contribution in [0.3, 0.4) is 0 Å². The van der Waals surface area contributed by atoms with E-state index in [9.17, 15) is 4.79 Å². The number of rotatable bonds is 7. The summed E-state index contributed by atoms with van der Waals surface area (Å²) in [6.45, 7) is 0.349. The van der Waals surface area contributed by atoms with Crippen LogP contribution in [-0.2, 0) is 6.61 Å². The van der Waals surface area contributed by atoms with Gasteiger partial charge >= 0.3 is 0 Å². The Labute approximate surface area is 191 Å². The zero-order valence-electron chi connectivity index (χ0n) is 15.5. The molecule has 3 nitrogen and oxygen atoms in total. The molecular formula is C23H17Br2ClO3. The molecular weight excluding hydrogens is 520 g/mol. The summed E-state index contributed by atoms with van der Waals surface area (Å²) in [5.41, 5.74) is 2.36. The van der Waals surface area contributed by atoms with E-state index in [4.69, 9.17) is 21.1 Å². The van der Waals surface area contributed by atoms with E-state index in [2.05, 4.69) is 31.9 Å². The number of halogens is 3. The Kier molecular flexibility index (Phi) is 7.53. The van der Waals surface area contributed by atoms with Gasteiger partial charge in [0, 0.05) is 16.1 Å². The minimum absolute atomic E-state index is 0.0843. The molecule has 0 bridgehead atoms. The lowest BCUT2D eigenvalue weighted by molar-refractivity contribution is 0.104. The Balaban J connectivity index is 1.71. The molecule has 0 unspecified atom stereocenters. The molecule has 0 spiro atoms. The minimum Gasteiger partial charge on any atom is -0.497 e. The smallest absolute Gasteiger partial charge is 0.185 e. The topological polar surface area (TPSA) is 35.5 Å². The van der Waals surface area contributed by atoms with Crippen molar-refractivity contribution in [3.63, 3.8) is 0 Å². The average Bonchev–Trinajstić information content (AvgIpc) is 2.72. The fourth-order valence-electron chi connectivity index (χ4n) is 2.60. The molecule has 0 fully saturated rings. The molecule has 0 atom stereocenters. The Morgan fingerprint density at radius 1 is 1.03 bits per heavy atom. The van der Waals surface area contributed by atoms with Gasteiger partial charge < -0.3 is 9.47 Å². The summed E-state index contributed by atoms with van der Waals surface area (Å²) in [7, 11) is 1.59. The number of carbonyl (C=O) groups is 1. The molecule has 0 radical (unpaired) electrons. The lowest BCUT2D eigenvalue weighted by atomic mass is 10.1. The second-order valence-electron chi connectivity index (χ2n) is 6.12. The van der Waals surface area contributed by atoms with Gasteiger partial charge in [-0.05, 0) is 86.0 Å². The molecule has 0 N–H and O–H groups in total. The molecule has 3 rings (SSSR count). The first-order valence-corrected chi connectivity index (χ1v) is 10.7. The average molecular weight is 537 g/mol.